The van der Waals surface area contributed by atoms with Gasteiger partial charge in [0.2, 0.25) is 23.6 Å². The van der Waals surface area contributed by atoms with Crippen LogP contribution in [0.4, 0.5) is 0 Å². The number of nitrogens with two attached hydrogens (primary N) is 2. The van der Waals surface area contributed by atoms with E-state index in [0.717, 1.165) is 0 Å². The summed E-state index contributed by atoms with van der Waals surface area (Å²) in [5, 5.41) is 24.9. The Morgan fingerprint density at radius 2 is 1.35 bits per heavy atom. The van der Waals surface area contributed by atoms with Gasteiger partial charge in [0.25, 0.3) is 0 Å². The van der Waals surface area contributed by atoms with E-state index in [2.05, 4.69) is 16.0 Å². The normalized spacial score (nSPS) is 14.4. The number of rotatable bonds is 15. The van der Waals surface area contributed by atoms with Crippen molar-refractivity contribution in [3.8, 4) is 0 Å². The van der Waals surface area contributed by atoms with Gasteiger partial charge in [-0.15, -0.1) is 0 Å². The molecule has 176 valence electrons. The number of carbonyl (C=O) groups excluding carboxylic acids is 4. The lowest BCUT2D eigenvalue weighted by Gasteiger charge is -2.24. The molecule has 0 aliphatic carbocycles. The third-order valence-electron chi connectivity index (χ3n) is 3.96. The number of carboxylic acid groups (broad SMARTS) is 2. The van der Waals surface area contributed by atoms with E-state index < -0.39 is 72.6 Å². The van der Waals surface area contributed by atoms with E-state index in [9.17, 15) is 28.8 Å². The topological polar surface area (TPSA) is 231 Å². The molecular weight excluding hydrogens is 434 g/mol. The molecule has 4 amide bonds. The molecule has 9 N–H and O–H groups in total. The highest BCUT2D eigenvalue weighted by Gasteiger charge is 2.30. The van der Waals surface area contributed by atoms with Gasteiger partial charge in [0.15, 0.2) is 0 Å². The molecule has 0 fully saturated rings. The van der Waals surface area contributed by atoms with Crippen LogP contribution in [0.2, 0.25) is 0 Å². The van der Waals surface area contributed by atoms with Crippen molar-refractivity contribution in [1.29, 1.82) is 0 Å². The summed E-state index contributed by atoms with van der Waals surface area (Å²) in [6.07, 6.45) is 0.529. The number of nitrogens with one attached hydrogen (secondary N) is 3. The largest absolute Gasteiger partial charge is 0.481 e. The molecule has 0 aromatic carbocycles. The lowest BCUT2D eigenvalue weighted by molar-refractivity contribution is -0.143. The number of hydrogen-bond donors (Lipinski definition) is 7. The first kappa shape index (κ1) is 28.1. The summed E-state index contributed by atoms with van der Waals surface area (Å²) in [7, 11) is 0. The molecule has 0 heterocycles. The maximum absolute atomic E-state index is 12.7. The Balaban J connectivity index is 5.43. The van der Waals surface area contributed by atoms with Gasteiger partial charge < -0.3 is 37.6 Å². The third kappa shape index (κ3) is 11.8. The molecular formula is C17H29N5O8S. The standard InChI is InChI=1S/C17H29N5O8S/c1-8(18)14(26)20-9(3-4-13(24)25)15(27)21-10(5-6-31-2)16(28)22-11(17(29)30)7-12(19)23/h8-11H,3-7,18H2,1-2H3,(H2,19,23)(H,20,26)(H,21,27)(H,22,28)(H,24,25)(H,29,30). The van der Waals surface area contributed by atoms with Gasteiger partial charge >= 0.3 is 11.9 Å². The number of thioether (sulfide) groups is 1. The van der Waals surface area contributed by atoms with Crippen LogP contribution in [0.5, 0.6) is 0 Å². The van der Waals surface area contributed by atoms with Gasteiger partial charge in [-0.25, -0.2) is 4.79 Å². The summed E-state index contributed by atoms with van der Waals surface area (Å²) in [6, 6.07) is -5.02. The highest BCUT2D eigenvalue weighted by molar-refractivity contribution is 7.98. The third-order valence-corrected chi connectivity index (χ3v) is 4.60. The fourth-order valence-corrected chi connectivity index (χ4v) is 2.76. The first-order valence-electron chi connectivity index (χ1n) is 9.27. The van der Waals surface area contributed by atoms with E-state index in [1.165, 1.54) is 18.7 Å². The van der Waals surface area contributed by atoms with E-state index in [4.69, 9.17) is 21.7 Å². The summed E-state index contributed by atoms with van der Waals surface area (Å²) in [5.41, 5.74) is 10.4. The van der Waals surface area contributed by atoms with Crippen LogP contribution < -0.4 is 27.4 Å². The fourth-order valence-electron chi connectivity index (χ4n) is 2.29. The van der Waals surface area contributed by atoms with E-state index in [-0.39, 0.29) is 12.8 Å². The van der Waals surface area contributed by atoms with Gasteiger partial charge in [-0.1, -0.05) is 0 Å². The van der Waals surface area contributed by atoms with Crippen molar-refractivity contribution in [1.82, 2.24) is 16.0 Å². The minimum atomic E-state index is -1.58. The van der Waals surface area contributed by atoms with Gasteiger partial charge in [-0.2, -0.15) is 11.8 Å². The van der Waals surface area contributed by atoms with Crippen molar-refractivity contribution in [2.45, 2.75) is 56.8 Å². The van der Waals surface area contributed by atoms with Gasteiger partial charge in [0, 0.05) is 6.42 Å². The Hall–Kier alpha value is -2.87. The molecule has 0 saturated carbocycles. The van der Waals surface area contributed by atoms with Crippen LogP contribution in [-0.4, -0.2) is 82.0 Å². The Kier molecular flexibility index (Phi) is 12.9. The highest BCUT2D eigenvalue weighted by atomic mass is 32.2. The zero-order chi connectivity index (χ0) is 24.1. The van der Waals surface area contributed by atoms with Crippen molar-refractivity contribution < 1.29 is 39.0 Å². The molecule has 0 bridgehead atoms. The molecule has 0 aromatic rings. The van der Waals surface area contributed by atoms with Crippen LogP contribution in [0.1, 0.15) is 32.6 Å². The zero-order valence-corrected chi connectivity index (χ0v) is 18.1. The first-order chi connectivity index (χ1) is 14.4. The smallest absolute Gasteiger partial charge is 0.326 e. The lowest BCUT2D eigenvalue weighted by Crippen LogP contribution is -2.57. The molecule has 0 aliphatic rings. The van der Waals surface area contributed by atoms with Crippen LogP contribution in [0, 0.1) is 0 Å². The second kappa shape index (κ2) is 14.2. The quantitative estimate of drug-likeness (QED) is 0.133. The van der Waals surface area contributed by atoms with Gasteiger partial charge in [0.05, 0.1) is 12.5 Å². The summed E-state index contributed by atoms with van der Waals surface area (Å²) >= 11 is 1.36. The second-order valence-corrected chi connectivity index (χ2v) is 7.68. The summed E-state index contributed by atoms with van der Waals surface area (Å²) in [6.45, 7) is 1.38. The maximum atomic E-state index is 12.7. The van der Waals surface area contributed by atoms with Crippen molar-refractivity contribution >= 4 is 47.3 Å². The van der Waals surface area contributed by atoms with E-state index in [0.29, 0.717) is 5.75 Å². The average Bonchev–Trinajstić information content (AvgIpc) is 2.66. The molecule has 13 nitrogen and oxygen atoms in total. The SMILES string of the molecule is CSCCC(NC(=O)C(CCC(=O)O)NC(=O)C(C)N)C(=O)NC(CC(N)=O)C(=O)O. The van der Waals surface area contributed by atoms with Crippen LogP contribution in [0.15, 0.2) is 0 Å². The number of carbonyl (C=O) groups is 6. The van der Waals surface area contributed by atoms with Gasteiger partial charge in [0.1, 0.15) is 18.1 Å². The Labute approximate surface area is 183 Å². The predicted molar refractivity (Wildman–Crippen MR) is 111 cm³/mol. The Morgan fingerprint density at radius 1 is 0.871 bits per heavy atom. The molecule has 0 aromatic heterocycles. The van der Waals surface area contributed by atoms with Crippen molar-refractivity contribution in [3.63, 3.8) is 0 Å². The van der Waals surface area contributed by atoms with Crippen LogP contribution >= 0.6 is 11.8 Å². The molecule has 0 aliphatic heterocycles. The summed E-state index contributed by atoms with van der Waals surface area (Å²) in [4.78, 5) is 70.2. The molecule has 4 atom stereocenters. The number of amides is 4. The maximum Gasteiger partial charge on any atom is 0.326 e. The van der Waals surface area contributed by atoms with Crippen molar-refractivity contribution in [2.24, 2.45) is 11.5 Å². The molecule has 0 spiro atoms. The number of carboxylic acids is 2. The molecule has 0 radical (unpaired) electrons. The lowest BCUT2D eigenvalue weighted by atomic mass is 10.1. The molecule has 31 heavy (non-hydrogen) atoms. The second-order valence-electron chi connectivity index (χ2n) is 6.69. The van der Waals surface area contributed by atoms with Gasteiger partial charge in [-0.3, -0.25) is 24.0 Å². The van der Waals surface area contributed by atoms with E-state index >= 15 is 0 Å². The minimum Gasteiger partial charge on any atom is -0.481 e. The zero-order valence-electron chi connectivity index (χ0n) is 17.3. The predicted octanol–water partition coefficient (Wildman–Crippen LogP) is -2.63. The first-order valence-corrected chi connectivity index (χ1v) is 10.7. The van der Waals surface area contributed by atoms with Crippen molar-refractivity contribution in [3.05, 3.63) is 0 Å². The van der Waals surface area contributed by atoms with Gasteiger partial charge in [-0.05, 0) is 31.8 Å². The van der Waals surface area contributed by atoms with E-state index in [1.54, 1.807) is 6.26 Å². The fraction of sp³-hybridized carbons (Fsp3) is 0.647. The van der Waals surface area contributed by atoms with Crippen LogP contribution in [0.3, 0.4) is 0 Å². The monoisotopic (exact) mass is 463 g/mol. The molecule has 4 unspecified atom stereocenters. The van der Waals surface area contributed by atoms with Crippen LogP contribution in [-0.2, 0) is 28.8 Å². The Bertz CT molecular complexity index is 687. The number of aliphatic carboxylic acids is 2. The summed E-state index contributed by atoms with van der Waals surface area (Å²) < 4.78 is 0. The van der Waals surface area contributed by atoms with Crippen LogP contribution in [0.25, 0.3) is 0 Å². The minimum absolute atomic E-state index is 0.106. The molecule has 14 heteroatoms. The molecule has 0 saturated heterocycles. The Morgan fingerprint density at radius 3 is 1.77 bits per heavy atom. The highest BCUT2D eigenvalue weighted by Crippen LogP contribution is 2.05. The number of primary amides is 1. The molecule has 0 rings (SSSR count). The number of hydrogen-bond acceptors (Lipinski definition) is 8. The average molecular weight is 464 g/mol. The summed E-state index contributed by atoms with van der Waals surface area (Å²) in [5.74, 6) is -5.60. The van der Waals surface area contributed by atoms with Crippen molar-refractivity contribution in [2.75, 3.05) is 12.0 Å². The van der Waals surface area contributed by atoms with E-state index in [1.807, 2.05) is 0 Å².